The molecule has 12 nitrogen and oxygen atoms in total. The summed E-state index contributed by atoms with van der Waals surface area (Å²) in [6.45, 7) is 0. The van der Waals surface area contributed by atoms with Crippen LogP contribution in [0.5, 0.6) is 17.2 Å². The normalized spacial score (nSPS) is 10.9. The zero-order chi connectivity index (χ0) is 25.8. The molecule has 0 spiro atoms. The number of carbonyl (C=O) groups is 1. The lowest BCUT2D eigenvalue weighted by Crippen LogP contribution is -2.16. The van der Waals surface area contributed by atoms with Crippen LogP contribution in [0.2, 0.25) is 0 Å². The molecule has 4 aromatic rings. The Labute approximate surface area is 210 Å². The van der Waals surface area contributed by atoms with E-state index in [0.717, 1.165) is 28.1 Å². The number of hydrazone groups is 1. The highest BCUT2D eigenvalue weighted by molar-refractivity contribution is 9.10. The minimum Gasteiger partial charge on any atom is -0.493 e. The van der Waals surface area contributed by atoms with Gasteiger partial charge in [0.2, 0.25) is 5.75 Å². The van der Waals surface area contributed by atoms with Crippen LogP contribution in [0.15, 0.2) is 74.7 Å². The second kappa shape index (κ2) is 10.2. The van der Waals surface area contributed by atoms with Gasteiger partial charge in [-0.1, -0.05) is 15.9 Å². The van der Waals surface area contributed by atoms with E-state index in [9.17, 15) is 25.0 Å². The Kier molecular flexibility index (Phi) is 6.92. The number of hydrogen-bond donors (Lipinski definition) is 1. The first kappa shape index (κ1) is 24.3. The fraction of sp³-hybridized carbons (Fsp3) is 0.0435. The van der Waals surface area contributed by atoms with Crippen molar-refractivity contribution in [3.05, 3.63) is 96.7 Å². The molecule has 0 aliphatic carbocycles. The van der Waals surface area contributed by atoms with E-state index in [1.165, 1.54) is 25.5 Å². The van der Waals surface area contributed by atoms with Gasteiger partial charge in [0.25, 0.3) is 5.69 Å². The number of non-ortho nitro benzene ring substituents is 1. The molecule has 182 valence electrons. The van der Waals surface area contributed by atoms with Crippen LogP contribution in [0.25, 0.3) is 11.0 Å². The van der Waals surface area contributed by atoms with Gasteiger partial charge in [-0.15, -0.1) is 0 Å². The summed E-state index contributed by atoms with van der Waals surface area (Å²) in [7, 11) is 1.37. The summed E-state index contributed by atoms with van der Waals surface area (Å²) in [5.41, 5.74) is 2.44. The molecule has 0 bridgehead atoms. The number of rotatable bonds is 8. The van der Waals surface area contributed by atoms with E-state index >= 15 is 0 Å². The van der Waals surface area contributed by atoms with Crippen LogP contribution in [0, 0.1) is 20.2 Å². The maximum Gasteiger partial charge on any atom is 0.318 e. The number of benzene rings is 3. The Bertz CT molecular complexity index is 1530. The van der Waals surface area contributed by atoms with Crippen LogP contribution in [-0.4, -0.2) is 29.1 Å². The number of halogens is 1. The molecule has 0 aliphatic rings. The summed E-state index contributed by atoms with van der Waals surface area (Å²) < 4.78 is 17.3. The van der Waals surface area contributed by atoms with Gasteiger partial charge in [0, 0.05) is 15.9 Å². The van der Waals surface area contributed by atoms with Crippen LogP contribution in [0.3, 0.4) is 0 Å². The van der Waals surface area contributed by atoms with Gasteiger partial charge in [0.15, 0.2) is 17.3 Å². The highest BCUT2D eigenvalue weighted by Gasteiger charge is 2.22. The van der Waals surface area contributed by atoms with Crippen LogP contribution in [0.4, 0.5) is 11.4 Å². The summed E-state index contributed by atoms with van der Waals surface area (Å²) in [6, 6.07) is 14.6. The molecule has 1 N–H and O–H groups in total. The number of carbonyl (C=O) groups excluding carboxylic acids is 1. The summed E-state index contributed by atoms with van der Waals surface area (Å²) >= 11 is 3.36. The van der Waals surface area contributed by atoms with E-state index in [-0.39, 0.29) is 23.0 Å². The number of fused-ring (bicyclic) bond motifs is 1. The number of nitro groups is 2. The van der Waals surface area contributed by atoms with Crippen molar-refractivity contribution < 1.29 is 28.5 Å². The van der Waals surface area contributed by atoms with Crippen LogP contribution in [-0.2, 0) is 0 Å². The molecule has 0 saturated heterocycles. The molecule has 4 rings (SSSR count). The van der Waals surface area contributed by atoms with Crippen molar-refractivity contribution >= 4 is 50.4 Å². The largest absolute Gasteiger partial charge is 0.493 e. The van der Waals surface area contributed by atoms with E-state index in [2.05, 4.69) is 26.5 Å². The topological polar surface area (TPSA) is 159 Å². The molecule has 1 heterocycles. The smallest absolute Gasteiger partial charge is 0.318 e. The number of methoxy groups -OCH3 is 1. The molecule has 1 amide bonds. The Balaban J connectivity index is 1.49. The third-order valence-electron chi connectivity index (χ3n) is 4.84. The Morgan fingerprint density at radius 1 is 1.00 bits per heavy atom. The lowest BCUT2D eigenvalue weighted by molar-refractivity contribution is -0.394. The van der Waals surface area contributed by atoms with Gasteiger partial charge in [-0.2, -0.15) is 5.10 Å². The van der Waals surface area contributed by atoms with Crippen LogP contribution in [0.1, 0.15) is 16.1 Å². The molecule has 0 saturated carbocycles. The number of ether oxygens (including phenoxy) is 2. The first-order valence-electron chi connectivity index (χ1n) is 10.1. The third kappa shape index (κ3) is 5.31. The van der Waals surface area contributed by atoms with Gasteiger partial charge in [0.1, 0.15) is 5.58 Å². The van der Waals surface area contributed by atoms with Crippen molar-refractivity contribution in [3.63, 3.8) is 0 Å². The van der Waals surface area contributed by atoms with Crippen molar-refractivity contribution in [3.8, 4) is 17.2 Å². The van der Waals surface area contributed by atoms with Gasteiger partial charge in [-0.25, -0.2) is 5.43 Å². The average Bonchev–Trinajstić information content (AvgIpc) is 3.28. The lowest BCUT2D eigenvalue weighted by atomic mass is 10.2. The van der Waals surface area contributed by atoms with Crippen LogP contribution < -0.4 is 14.9 Å². The zero-order valence-electron chi connectivity index (χ0n) is 18.3. The number of hydrogen-bond acceptors (Lipinski definition) is 9. The first-order chi connectivity index (χ1) is 17.2. The predicted molar refractivity (Wildman–Crippen MR) is 132 cm³/mol. The standard InChI is InChI=1S/C23H15BrN4O8/c1-34-21-8-13(12-25-26-23(29)22-10-14-9-15(24)3-6-18(14)35-22)2-5-20(21)36-19-7-4-16(27(30)31)11-17(19)28(32)33/h2-12H,1H3,(H,26,29). The number of nitro benzene ring substituents is 2. The van der Waals surface area contributed by atoms with Crippen molar-refractivity contribution in [2.45, 2.75) is 0 Å². The molecule has 0 fully saturated rings. The van der Waals surface area contributed by atoms with Gasteiger partial charge >= 0.3 is 11.6 Å². The minimum atomic E-state index is -0.778. The van der Waals surface area contributed by atoms with Gasteiger partial charge < -0.3 is 13.9 Å². The highest BCUT2D eigenvalue weighted by Crippen LogP contribution is 2.38. The van der Waals surface area contributed by atoms with Crippen molar-refractivity contribution in [2.75, 3.05) is 7.11 Å². The molecule has 3 aromatic carbocycles. The predicted octanol–water partition coefficient (Wildman–Crippen LogP) is 5.58. The van der Waals surface area contributed by atoms with Gasteiger partial charge in [-0.3, -0.25) is 25.0 Å². The highest BCUT2D eigenvalue weighted by atomic mass is 79.9. The van der Waals surface area contributed by atoms with E-state index in [4.69, 9.17) is 13.9 Å². The maximum atomic E-state index is 12.4. The van der Waals surface area contributed by atoms with E-state index in [1.807, 2.05) is 6.07 Å². The fourth-order valence-corrected chi connectivity index (χ4v) is 3.54. The maximum absolute atomic E-state index is 12.4. The monoisotopic (exact) mass is 554 g/mol. The van der Waals surface area contributed by atoms with E-state index < -0.39 is 27.1 Å². The van der Waals surface area contributed by atoms with E-state index in [1.54, 1.807) is 24.3 Å². The zero-order valence-corrected chi connectivity index (χ0v) is 19.9. The molecular weight excluding hydrogens is 540 g/mol. The molecule has 0 aliphatic heterocycles. The van der Waals surface area contributed by atoms with Gasteiger partial charge in [0.05, 0.1) is 29.2 Å². The molecular formula is C23H15BrN4O8. The summed E-state index contributed by atoms with van der Waals surface area (Å²) in [5.74, 6) is -0.317. The second-order valence-electron chi connectivity index (χ2n) is 7.17. The van der Waals surface area contributed by atoms with E-state index in [0.29, 0.717) is 11.1 Å². The quantitative estimate of drug-likeness (QED) is 0.168. The summed E-state index contributed by atoms with van der Waals surface area (Å²) in [6.07, 6.45) is 1.36. The Morgan fingerprint density at radius 3 is 2.50 bits per heavy atom. The Hall–Kier alpha value is -4.78. The average molecular weight is 555 g/mol. The minimum absolute atomic E-state index is 0.0891. The molecule has 13 heteroatoms. The first-order valence-corrected chi connectivity index (χ1v) is 10.9. The number of nitrogens with one attached hydrogen (secondary N) is 1. The summed E-state index contributed by atoms with van der Waals surface area (Å²) in [4.78, 5) is 33.1. The summed E-state index contributed by atoms with van der Waals surface area (Å²) in [5, 5.41) is 26.9. The third-order valence-corrected chi connectivity index (χ3v) is 5.33. The van der Waals surface area contributed by atoms with Crippen LogP contribution >= 0.6 is 15.9 Å². The Morgan fingerprint density at radius 2 is 1.78 bits per heavy atom. The SMILES string of the molecule is COc1cc(C=NNC(=O)c2cc3cc(Br)ccc3o2)ccc1Oc1ccc([N+](=O)[O-])cc1[N+](=O)[O-]. The molecule has 0 radical (unpaired) electrons. The lowest BCUT2D eigenvalue weighted by Gasteiger charge is -2.11. The second-order valence-corrected chi connectivity index (χ2v) is 8.09. The van der Waals surface area contributed by atoms with Crippen molar-refractivity contribution in [1.82, 2.24) is 5.43 Å². The van der Waals surface area contributed by atoms with Gasteiger partial charge in [-0.05, 0) is 54.1 Å². The van der Waals surface area contributed by atoms with Crippen molar-refractivity contribution in [1.29, 1.82) is 0 Å². The number of amides is 1. The molecule has 1 aromatic heterocycles. The molecule has 0 atom stereocenters. The van der Waals surface area contributed by atoms with Crippen molar-refractivity contribution in [2.24, 2.45) is 5.10 Å². The molecule has 36 heavy (non-hydrogen) atoms. The number of nitrogens with zero attached hydrogens (tertiary/aromatic N) is 3. The molecule has 0 unspecified atom stereocenters. The fourth-order valence-electron chi connectivity index (χ4n) is 3.16. The number of furan rings is 1.